The maximum atomic E-state index is 11.5. The van der Waals surface area contributed by atoms with Gasteiger partial charge in [0.15, 0.2) is 0 Å². The third kappa shape index (κ3) is 3.48. The van der Waals surface area contributed by atoms with Crippen LogP contribution in [0.25, 0.3) is 0 Å². The molecule has 0 heterocycles. The van der Waals surface area contributed by atoms with Crippen molar-refractivity contribution in [2.45, 2.75) is 23.6 Å². The number of carbonyl (C=O) groups is 1. The molecular weight excluding hydrogens is 302 g/mol. The van der Waals surface area contributed by atoms with Gasteiger partial charge in [0.1, 0.15) is 6.07 Å². The van der Waals surface area contributed by atoms with Crippen LogP contribution >= 0.6 is 28.6 Å². The summed E-state index contributed by atoms with van der Waals surface area (Å²) in [5, 5.41) is 9.53. The Labute approximate surface area is 114 Å². The second-order valence-corrected chi connectivity index (χ2v) is 4.33. The summed E-state index contributed by atoms with van der Waals surface area (Å²) in [4.78, 5) is 12.0. The highest BCUT2D eigenvalue weighted by Crippen LogP contribution is 2.25. The predicted molar refractivity (Wildman–Crippen MR) is 71.4 cm³/mol. The standard InChI is InChI=1S/C12H12BrNO2S/c1-2-16-11(15)5-10-8(6-13)3-4-9(7-14)12(10)17/h3-4,17H,2,5-6H2,1H3. The summed E-state index contributed by atoms with van der Waals surface area (Å²) in [6.45, 7) is 2.11. The Balaban J connectivity index is 3.11. The summed E-state index contributed by atoms with van der Waals surface area (Å²) in [6, 6.07) is 5.57. The largest absolute Gasteiger partial charge is 0.466 e. The van der Waals surface area contributed by atoms with Crippen LogP contribution in [0, 0.1) is 11.3 Å². The molecule has 1 aromatic rings. The van der Waals surface area contributed by atoms with E-state index in [0.717, 1.165) is 11.1 Å². The molecule has 0 unspecified atom stereocenters. The second-order valence-electron chi connectivity index (χ2n) is 3.33. The van der Waals surface area contributed by atoms with Gasteiger partial charge in [-0.3, -0.25) is 4.79 Å². The second kappa shape index (κ2) is 6.67. The van der Waals surface area contributed by atoms with Crippen LogP contribution in [-0.4, -0.2) is 12.6 Å². The topological polar surface area (TPSA) is 50.1 Å². The van der Waals surface area contributed by atoms with Gasteiger partial charge >= 0.3 is 5.97 Å². The van der Waals surface area contributed by atoms with Gasteiger partial charge in [-0.2, -0.15) is 5.26 Å². The van der Waals surface area contributed by atoms with Crippen LogP contribution in [-0.2, 0) is 21.3 Å². The first-order valence-electron chi connectivity index (χ1n) is 5.09. The van der Waals surface area contributed by atoms with Gasteiger partial charge in [0, 0.05) is 10.2 Å². The molecule has 0 fully saturated rings. The zero-order valence-electron chi connectivity index (χ0n) is 9.36. The van der Waals surface area contributed by atoms with Crippen molar-refractivity contribution < 1.29 is 9.53 Å². The maximum Gasteiger partial charge on any atom is 0.310 e. The van der Waals surface area contributed by atoms with E-state index in [0.29, 0.717) is 22.4 Å². The summed E-state index contributed by atoms with van der Waals surface area (Å²) in [5.41, 5.74) is 2.17. The highest BCUT2D eigenvalue weighted by molar-refractivity contribution is 9.08. The zero-order valence-corrected chi connectivity index (χ0v) is 11.8. The summed E-state index contributed by atoms with van der Waals surface area (Å²) >= 11 is 7.66. The van der Waals surface area contributed by atoms with Crippen LogP contribution in [0.4, 0.5) is 0 Å². The SMILES string of the molecule is CCOC(=O)Cc1c(CBr)ccc(C#N)c1S. The van der Waals surface area contributed by atoms with Crippen molar-refractivity contribution >= 4 is 34.5 Å². The van der Waals surface area contributed by atoms with Crippen LogP contribution in [0.15, 0.2) is 17.0 Å². The summed E-state index contributed by atoms with van der Waals surface area (Å²) in [5.74, 6) is -0.305. The lowest BCUT2D eigenvalue weighted by atomic mass is 10.0. The summed E-state index contributed by atoms with van der Waals surface area (Å²) < 4.78 is 4.90. The van der Waals surface area contributed by atoms with E-state index >= 15 is 0 Å². The van der Waals surface area contributed by atoms with E-state index < -0.39 is 0 Å². The number of nitrogens with zero attached hydrogens (tertiary/aromatic N) is 1. The summed E-state index contributed by atoms with van der Waals surface area (Å²) in [7, 11) is 0. The molecule has 1 aromatic carbocycles. The monoisotopic (exact) mass is 313 g/mol. The number of hydrogen-bond acceptors (Lipinski definition) is 4. The molecule has 0 aliphatic rings. The van der Waals surface area contributed by atoms with Crippen molar-refractivity contribution in [3.8, 4) is 6.07 Å². The van der Waals surface area contributed by atoms with Gasteiger partial charge in [-0.1, -0.05) is 22.0 Å². The molecule has 0 aliphatic carbocycles. The van der Waals surface area contributed by atoms with Crippen molar-refractivity contribution in [2.24, 2.45) is 0 Å². The van der Waals surface area contributed by atoms with E-state index in [2.05, 4.69) is 28.6 Å². The molecule has 0 bridgehead atoms. The number of thiol groups is 1. The Morgan fingerprint density at radius 1 is 1.59 bits per heavy atom. The molecule has 3 nitrogen and oxygen atoms in total. The predicted octanol–water partition coefficient (Wildman–Crippen LogP) is 2.85. The van der Waals surface area contributed by atoms with Crippen LogP contribution in [0.2, 0.25) is 0 Å². The highest BCUT2D eigenvalue weighted by atomic mass is 79.9. The normalized spacial score (nSPS) is 9.76. The van der Waals surface area contributed by atoms with Gasteiger partial charge in [-0.05, 0) is 24.1 Å². The number of esters is 1. The Bertz CT molecular complexity index is 468. The van der Waals surface area contributed by atoms with Gasteiger partial charge in [0.25, 0.3) is 0 Å². The molecule has 0 saturated carbocycles. The van der Waals surface area contributed by atoms with Crippen LogP contribution in [0.5, 0.6) is 0 Å². The van der Waals surface area contributed by atoms with E-state index in [1.165, 1.54) is 0 Å². The number of rotatable bonds is 4. The molecule has 0 radical (unpaired) electrons. The first-order chi connectivity index (χ1) is 8.13. The fourth-order valence-electron chi connectivity index (χ4n) is 1.45. The van der Waals surface area contributed by atoms with E-state index in [1.54, 1.807) is 13.0 Å². The lowest BCUT2D eigenvalue weighted by molar-refractivity contribution is -0.142. The van der Waals surface area contributed by atoms with Gasteiger partial charge in [-0.15, -0.1) is 12.6 Å². The molecule has 5 heteroatoms. The molecule has 0 spiro atoms. The molecule has 0 aromatic heterocycles. The smallest absolute Gasteiger partial charge is 0.310 e. The number of benzene rings is 1. The lowest BCUT2D eigenvalue weighted by Gasteiger charge is -2.11. The average molecular weight is 314 g/mol. The zero-order chi connectivity index (χ0) is 12.8. The van der Waals surface area contributed by atoms with Gasteiger partial charge in [0.05, 0.1) is 18.6 Å². The number of halogens is 1. The van der Waals surface area contributed by atoms with Crippen molar-refractivity contribution in [1.29, 1.82) is 5.26 Å². The van der Waals surface area contributed by atoms with E-state index in [-0.39, 0.29) is 12.4 Å². The quantitative estimate of drug-likeness (QED) is 0.528. The Hall–Kier alpha value is -0.990. The van der Waals surface area contributed by atoms with Crippen LogP contribution < -0.4 is 0 Å². The molecule has 1 rings (SSSR count). The highest BCUT2D eigenvalue weighted by Gasteiger charge is 2.14. The number of ether oxygens (including phenoxy) is 1. The maximum absolute atomic E-state index is 11.5. The first-order valence-corrected chi connectivity index (χ1v) is 6.66. The molecule has 0 N–H and O–H groups in total. The third-order valence-electron chi connectivity index (χ3n) is 2.27. The Kier molecular flexibility index (Phi) is 5.52. The van der Waals surface area contributed by atoms with E-state index in [9.17, 15) is 4.79 Å². The minimum absolute atomic E-state index is 0.142. The van der Waals surface area contributed by atoms with E-state index in [1.807, 2.05) is 12.1 Å². The molecule has 0 atom stereocenters. The fraction of sp³-hybridized carbons (Fsp3) is 0.333. The van der Waals surface area contributed by atoms with Gasteiger partial charge in [-0.25, -0.2) is 0 Å². The first kappa shape index (κ1) is 14.1. The Morgan fingerprint density at radius 3 is 2.82 bits per heavy atom. The fourth-order valence-corrected chi connectivity index (χ4v) is 2.32. The summed E-state index contributed by atoms with van der Waals surface area (Å²) in [6.07, 6.45) is 0.142. The molecule has 17 heavy (non-hydrogen) atoms. The Morgan fingerprint density at radius 2 is 2.29 bits per heavy atom. The van der Waals surface area contributed by atoms with E-state index in [4.69, 9.17) is 10.00 Å². The lowest BCUT2D eigenvalue weighted by Crippen LogP contribution is -2.10. The van der Waals surface area contributed by atoms with Crippen molar-refractivity contribution in [1.82, 2.24) is 0 Å². The van der Waals surface area contributed by atoms with Gasteiger partial charge in [0.2, 0.25) is 0 Å². The minimum Gasteiger partial charge on any atom is -0.466 e. The molecule has 0 amide bonds. The van der Waals surface area contributed by atoms with Crippen LogP contribution in [0.1, 0.15) is 23.6 Å². The van der Waals surface area contributed by atoms with Crippen molar-refractivity contribution in [3.63, 3.8) is 0 Å². The number of nitriles is 1. The van der Waals surface area contributed by atoms with Crippen molar-refractivity contribution in [2.75, 3.05) is 6.61 Å². The average Bonchev–Trinajstić information content (AvgIpc) is 2.32. The molecule has 0 aliphatic heterocycles. The van der Waals surface area contributed by atoms with Crippen LogP contribution in [0.3, 0.4) is 0 Å². The molecular formula is C12H12BrNO2S. The number of hydrogen-bond donors (Lipinski definition) is 1. The molecule has 0 saturated heterocycles. The number of carbonyl (C=O) groups excluding carboxylic acids is 1. The molecule has 90 valence electrons. The number of alkyl halides is 1. The minimum atomic E-state index is -0.305. The third-order valence-corrected chi connectivity index (χ3v) is 3.39. The van der Waals surface area contributed by atoms with Gasteiger partial charge < -0.3 is 4.74 Å². The van der Waals surface area contributed by atoms with Crippen molar-refractivity contribution in [3.05, 3.63) is 28.8 Å².